The van der Waals surface area contributed by atoms with Crippen LogP contribution in [0.3, 0.4) is 0 Å². The topological polar surface area (TPSA) is 70.9 Å². The molecule has 23 heavy (non-hydrogen) atoms. The lowest BCUT2D eigenvalue weighted by Crippen LogP contribution is -2.19. The average molecular weight is 536 g/mol. The van der Waals surface area contributed by atoms with Crippen LogP contribution in [0.2, 0.25) is 0 Å². The van der Waals surface area contributed by atoms with E-state index >= 15 is 0 Å². The van der Waals surface area contributed by atoms with Gasteiger partial charge in [0.2, 0.25) is 5.91 Å². The van der Waals surface area contributed by atoms with Crippen molar-refractivity contribution in [1.29, 1.82) is 0 Å². The summed E-state index contributed by atoms with van der Waals surface area (Å²) in [5.41, 5.74) is 4.09. The maximum Gasteiger partial charge on any atom is 0.244 e. The summed E-state index contributed by atoms with van der Waals surface area (Å²) in [4.78, 5) is 11.9. The monoisotopic (exact) mass is 536 g/mol. The highest BCUT2D eigenvalue weighted by Gasteiger charge is 2.05. The zero-order chi connectivity index (χ0) is 16.8. The number of benzene rings is 2. The molecule has 0 bridgehead atoms. The molecule has 0 atom stereocenters. The van der Waals surface area contributed by atoms with Crippen molar-refractivity contribution in [2.45, 2.75) is 6.42 Å². The van der Waals surface area contributed by atoms with Gasteiger partial charge in [-0.3, -0.25) is 4.79 Å². The van der Waals surface area contributed by atoms with Gasteiger partial charge in [-0.15, -0.1) is 0 Å². The third-order valence-electron chi connectivity index (χ3n) is 2.90. The van der Waals surface area contributed by atoms with Gasteiger partial charge in [0, 0.05) is 18.8 Å². The zero-order valence-corrected chi connectivity index (χ0v) is 16.5. The molecule has 2 N–H and O–H groups in total. The van der Waals surface area contributed by atoms with Gasteiger partial charge in [-0.05, 0) is 81.1 Å². The number of carbonyl (C=O) groups is 1. The third kappa shape index (κ3) is 5.65. The molecule has 0 saturated heterocycles. The molecule has 7 heteroatoms. The van der Waals surface area contributed by atoms with Gasteiger partial charge < -0.3 is 9.84 Å². The van der Waals surface area contributed by atoms with Crippen LogP contribution in [0.1, 0.15) is 11.1 Å². The summed E-state index contributed by atoms with van der Waals surface area (Å²) >= 11 is 4.45. The number of aromatic hydroxyl groups is 1. The highest BCUT2D eigenvalue weighted by molar-refractivity contribution is 14.1. The summed E-state index contributed by atoms with van der Waals surface area (Å²) < 4.78 is 7.32. The van der Waals surface area contributed by atoms with Gasteiger partial charge in [0.25, 0.3) is 0 Å². The highest BCUT2D eigenvalue weighted by Crippen LogP contribution is 2.22. The molecule has 0 spiro atoms. The Labute approximate surface area is 161 Å². The Morgan fingerprint density at radius 1 is 1.26 bits per heavy atom. The normalized spacial score (nSPS) is 10.7. The predicted molar refractivity (Wildman–Crippen MR) is 106 cm³/mol. The molecule has 0 heterocycles. The molecule has 0 unspecified atom stereocenters. The second-order valence-corrected chi connectivity index (χ2v) is 7.17. The van der Waals surface area contributed by atoms with E-state index in [1.54, 1.807) is 6.07 Å². The van der Waals surface area contributed by atoms with Crippen LogP contribution in [-0.4, -0.2) is 24.3 Å². The molecule has 120 valence electrons. The summed E-state index contributed by atoms with van der Waals surface area (Å²) in [6, 6.07) is 10.6. The Hall–Kier alpha value is -1.36. The Morgan fingerprint density at radius 2 is 1.96 bits per heavy atom. The van der Waals surface area contributed by atoms with Gasteiger partial charge >= 0.3 is 0 Å². The van der Waals surface area contributed by atoms with Crippen molar-refractivity contribution in [1.82, 2.24) is 5.43 Å². The minimum Gasteiger partial charge on any atom is -0.508 e. The Morgan fingerprint density at radius 3 is 2.61 bits per heavy atom. The summed E-state index contributed by atoms with van der Waals surface area (Å²) in [6.45, 7) is 0. The molecule has 0 fully saturated rings. The summed E-state index contributed by atoms with van der Waals surface area (Å²) in [5, 5.41) is 13.3. The highest BCUT2D eigenvalue weighted by atomic mass is 127. The molecule has 1 amide bonds. The van der Waals surface area contributed by atoms with Gasteiger partial charge in [-0.1, -0.05) is 0 Å². The van der Waals surface area contributed by atoms with Crippen LogP contribution in [0.5, 0.6) is 11.5 Å². The van der Waals surface area contributed by atoms with Crippen LogP contribution >= 0.6 is 45.2 Å². The number of phenols is 1. The van der Waals surface area contributed by atoms with Gasteiger partial charge in [0.05, 0.1) is 19.7 Å². The van der Waals surface area contributed by atoms with Crippen molar-refractivity contribution in [3.8, 4) is 11.5 Å². The molecule has 0 aliphatic heterocycles. The molecule has 0 saturated carbocycles. The van der Waals surface area contributed by atoms with Crippen molar-refractivity contribution in [2.24, 2.45) is 5.10 Å². The fraction of sp³-hybridized carbons (Fsp3) is 0.125. The molecule has 2 aromatic carbocycles. The number of ether oxygens (including phenoxy) is 1. The maximum absolute atomic E-state index is 11.9. The molecule has 2 rings (SSSR count). The number of amides is 1. The molecule has 0 radical (unpaired) electrons. The number of nitrogens with one attached hydrogen (secondary N) is 1. The van der Waals surface area contributed by atoms with Crippen LogP contribution in [0.25, 0.3) is 0 Å². The number of carbonyl (C=O) groups excluding carboxylic acids is 1. The van der Waals surface area contributed by atoms with E-state index in [9.17, 15) is 9.90 Å². The molecule has 0 aliphatic carbocycles. The van der Waals surface area contributed by atoms with Gasteiger partial charge in [-0.25, -0.2) is 5.43 Å². The molecule has 5 nitrogen and oxygen atoms in total. The van der Waals surface area contributed by atoms with Crippen LogP contribution in [0.15, 0.2) is 41.5 Å². The second kappa shape index (κ2) is 8.48. The van der Waals surface area contributed by atoms with Crippen molar-refractivity contribution in [3.63, 3.8) is 0 Å². The van der Waals surface area contributed by atoms with Crippen LogP contribution < -0.4 is 10.2 Å². The number of hydrogen-bond donors (Lipinski definition) is 2. The van der Waals surface area contributed by atoms with Crippen LogP contribution in [0.4, 0.5) is 0 Å². The Balaban J connectivity index is 1.98. The first-order valence-electron chi connectivity index (χ1n) is 6.62. The van der Waals surface area contributed by atoms with Gasteiger partial charge in [-0.2, -0.15) is 5.10 Å². The van der Waals surface area contributed by atoms with Crippen molar-refractivity contribution in [2.75, 3.05) is 7.11 Å². The quantitative estimate of drug-likeness (QED) is 0.351. The minimum atomic E-state index is -0.197. The van der Waals surface area contributed by atoms with E-state index in [0.29, 0.717) is 11.3 Å². The number of halogens is 2. The lowest BCUT2D eigenvalue weighted by Gasteiger charge is -2.05. The molecule has 0 aliphatic rings. The van der Waals surface area contributed by atoms with E-state index in [1.807, 2.05) is 18.2 Å². The standard InChI is InChI=1S/C16H14I2N2O3/c1-23-15-8-14(21)3-2-11(15)9-19-20-16(22)6-10-4-12(17)7-13(18)5-10/h2-5,7-9,21H,6H2,1H3,(H,20,22)/b19-9+. The number of nitrogens with zero attached hydrogens (tertiary/aromatic N) is 1. The number of rotatable bonds is 5. The van der Waals surface area contributed by atoms with E-state index in [-0.39, 0.29) is 18.1 Å². The first-order chi connectivity index (χ1) is 11.0. The number of phenolic OH excluding ortho intramolecular Hbond substituents is 1. The van der Waals surface area contributed by atoms with Gasteiger partial charge in [0.15, 0.2) is 0 Å². The fourth-order valence-electron chi connectivity index (χ4n) is 1.92. The lowest BCUT2D eigenvalue weighted by molar-refractivity contribution is -0.120. The van der Waals surface area contributed by atoms with Crippen molar-refractivity contribution in [3.05, 3.63) is 54.7 Å². The fourth-order valence-corrected chi connectivity index (χ4v) is 3.99. The first-order valence-corrected chi connectivity index (χ1v) is 8.77. The van der Waals surface area contributed by atoms with Crippen molar-refractivity contribution >= 4 is 57.3 Å². The minimum absolute atomic E-state index is 0.108. The van der Waals surface area contributed by atoms with E-state index in [2.05, 4.69) is 55.7 Å². The number of hydrazone groups is 1. The maximum atomic E-state index is 11.9. The van der Waals surface area contributed by atoms with Gasteiger partial charge in [0.1, 0.15) is 11.5 Å². The van der Waals surface area contributed by atoms with Crippen LogP contribution in [-0.2, 0) is 11.2 Å². The summed E-state index contributed by atoms with van der Waals surface area (Å²) in [6.07, 6.45) is 1.74. The average Bonchev–Trinajstić information content (AvgIpc) is 2.47. The largest absolute Gasteiger partial charge is 0.508 e. The number of methoxy groups -OCH3 is 1. The smallest absolute Gasteiger partial charge is 0.244 e. The van der Waals surface area contributed by atoms with Crippen LogP contribution in [0, 0.1) is 7.14 Å². The predicted octanol–water partition coefficient (Wildman–Crippen LogP) is 3.30. The van der Waals surface area contributed by atoms with E-state index in [0.717, 1.165) is 12.7 Å². The first kappa shape index (κ1) is 18.0. The third-order valence-corrected chi connectivity index (χ3v) is 4.14. The Bertz CT molecular complexity index is 728. The van der Waals surface area contributed by atoms with Crippen molar-refractivity contribution < 1.29 is 14.6 Å². The zero-order valence-electron chi connectivity index (χ0n) is 12.2. The molecule has 2 aromatic rings. The second-order valence-electron chi connectivity index (χ2n) is 4.67. The summed E-state index contributed by atoms with van der Waals surface area (Å²) in [7, 11) is 1.50. The van der Waals surface area contributed by atoms with E-state index in [4.69, 9.17) is 4.74 Å². The molecular weight excluding hydrogens is 522 g/mol. The Kier molecular flexibility index (Phi) is 6.63. The number of hydrogen-bond acceptors (Lipinski definition) is 4. The SMILES string of the molecule is COc1cc(O)ccc1/C=N/NC(=O)Cc1cc(I)cc(I)c1. The molecular formula is C16H14I2N2O3. The lowest BCUT2D eigenvalue weighted by atomic mass is 10.1. The summed E-state index contributed by atoms with van der Waals surface area (Å²) in [5.74, 6) is 0.392. The molecule has 0 aromatic heterocycles. The van der Waals surface area contributed by atoms with E-state index in [1.165, 1.54) is 25.5 Å². The van der Waals surface area contributed by atoms with E-state index < -0.39 is 0 Å².